The van der Waals surface area contributed by atoms with E-state index < -0.39 is 0 Å². The van der Waals surface area contributed by atoms with Gasteiger partial charge in [0.15, 0.2) is 0 Å². The zero-order chi connectivity index (χ0) is 7.66. The summed E-state index contributed by atoms with van der Waals surface area (Å²) < 4.78 is 4.88. The number of methoxy groups -OCH3 is 1. The molecule has 62 valence electrons. The fourth-order valence-corrected chi connectivity index (χ4v) is 1.07. The van der Waals surface area contributed by atoms with Crippen LogP contribution in [-0.4, -0.2) is 38.8 Å². The van der Waals surface area contributed by atoms with Gasteiger partial charge in [-0.1, -0.05) is 0 Å². The molecule has 0 aliphatic carbocycles. The van der Waals surface area contributed by atoms with Crippen molar-refractivity contribution in [3.05, 3.63) is 0 Å². The fraction of sp³-hybridized carbons (Fsp3) is 1.00. The Morgan fingerprint density at radius 1 is 1.40 bits per heavy atom. The standard InChI is InChI=1S/C7H17NOS/c1-9-6-5-8-4-3-7-10-2/h8H,3-7H2,1-2H3. The molecule has 0 radical (unpaired) electrons. The predicted octanol–water partition coefficient (Wildman–Crippen LogP) is 0.975. The van der Waals surface area contributed by atoms with Crippen LogP contribution in [0.25, 0.3) is 0 Å². The number of rotatable bonds is 7. The lowest BCUT2D eigenvalue weighted by Crippen LogP contribution is -2.20. The van der Waals surface area contributed by atoms with Crippen LogP contribution in [0.3, 0.4) is 0 Å². The van der Waals surface area contributed by atoms with Crippen molar-refractivity contribution in [1.82, 2.24) is 5.32 Å². The smallest absolute Gasteiger partial charge is 0.0587 e. The fourth-order valence-electron chi connectivity index (χ4n) is 0.641. The van der Waals surface area contributed by atoms with Gasteiger partial charge >= 0.3 is 0 Å². The van der Waals surface area contributed by atoms with Gasteiger partial charge in [-0.15, -0.1) is 0 Å². The van der Waals surface area contributed by atoms with E-state index >= 15 is 0 Å². The Bertz CT molecular complexity index is 53.6. The highest BCUT2D eigenvalue weighted by atomic mass is 32.2. The maximum atomic E-state index is 4.88. The van der Waals surface area contributed by atoms with E-state index in [1.165, 1.54) is 12.2 Å². The van der Waals surface area contributed by atoms with Crippen molar-refractivity contribution >= 4 is 11.8 Å². The molecule has 3 heteroatoms. The predicted molar refractivity (Wildman–Crippen MR) is 47.7 cm³/mol. The number of hydrogen-bond acceptors (Lipinski definition) is 3. The molecule has 0 aliphatic rings. The first-order valence-corrected chi connectivity index (χ1v) is 4.99. The minimum Gasteiger partial charge on any atom is -0.383 e. The monoisotopic (exact) mass is 163 g/mol. The molecule has 0 aromatic carbocycles. The Balaban J connectivity index is 2.65. The third-order valence-corrected chi connectivity index (χ3v) is 1.88. The van der Waals surface area contributed by atoms with Crippen molar-refractivity contribution in [2.45, 2.75) is 6.42 Å². The van der Waals surface area contributed by atoms with Crippen molar-refractivity contribution in [2.75, 3.05) is 38.8 Å². The Hall–Kier alpha value is 0.270. The minimum absolute atomic E-state index is 0.819. The number of hydrogen-bond donors (Lipinski definition) is 1. The van der Waals surface area contributed by atoms with Crippen molar-refractivity contribution in [3.63, 3.8) is 0 Å². The Labute approximate surface area is 67.7 Å². The van der Waals surface area contributed by atoms with Crippen LogP contribution in [-0.2, 0) is 4.74 Å². The van der Waals surface area contributed by atoms with Gasteiger partial charge in [-0.3, -0.25) is 0 Å². The minimum atomic E-state index is 0.819. The van der Waals surface area contributed by atoms with Crippen LogP contribution in [0.4, 0.5) is 0 Å². The first kappa shape index (κ1) is 10.3. The summed E-state index contributed by atoms with van der Waals surface area (Å²) in [4.78, 5) is 0. The van der Waals surface area contributed by atoms with Crippen LogP contribution in [0, 0.1) is 0 Å². The second kappa shape index (κ2) is 9.27. The first-order chi connectivity index (χ1) is 4.91. The lowest BCUT2D eigenvalue weighted by molar-refractivity contribution is 0.199. The maximum Gasteiger partial charge on any atom is 0.0587 e. The van der Waals surface area contributed by atoms with Gasteiger partial charge < -0.3 is 10.1 Å². The summed E-state index contributed by atoms with van der Waals surface area (Å²) in [5.74, 6) is 1.25. The zero-order valence-electron chi connectivity index (χ0n) is 6.85. The van der Waals surface area contributed by atoms with Crippen molar-refractivity contribution in [3.8, 4) is 0 Å². The van der Waals surface area contributed by atoms with Gasteiger partial charge in [-0.25, -0.2) is 0 Å². The lowest BCUT2D eigenvalue weighted by atomic mass is 10.5. The summed E-state index contributed by atoms with van der Waals surface area (Å²) in [5, 5.41) is 3.28. The van der Waals surface area contributed by atoms with Crippen LogP contribution in [0.5, 0.6) is 0 Å². The summed E-state index contributed by atoms with van der Waals surface area (Å²) in [6.07, 6.45) is 3.39. The molecule has 1 N–H and O–H groups in total. The highest BCUT2D eigenvalue weighted by molar-refractivity contribution is 7.98. The van der Waals surface area contributed by atoms with E-state index in [1.54, 1.807) is 7.11 Å². The highest BCUT2D eigenvalue weighted by Gasteiger charge is 1.85. The SMILES string of the molecule is COCCNCCCSC. The van der Waals surface area contributed by atoms with E-state index in [1.807, 2.05) is 11.8 Å². The summed E-state index contributed by atoms with van der Waals surface area (Å²) in [5.41, 5.74) is 0. The summed E-state index contributed by atoms with van der Waals surface area (Å²) in [6, 6.07) is 0. The quantitative estimate of drug-likeness (QED) is 0.565. The number of ether oxygens (including phenoxy) is 1. The van der Waals surface area contributed by atoms with Crippen molar-refractivity contribution < 1.29 is 4.74 Å². The zero-order valence-corrected chi connectivity index (χ0v) is 7.67. The third-order valence-electron chi connectivity index (χ3n) is 1.18. The van der Waals surface area contributed by atoms with Gasteiger partial charge in [0, 0.05) is 13.7 Å². The first-order valence-electron chi connectivity index (χ1n) is 3.60. The highest BCUT2D eigenvalue weighted by Crippen LogP contribution is 1.92. The Morgan fingerprint density at radius 3 is 2.80 bits per heavy atom. The molecule has 0 bridgehead atoms. The summed E-state index contributed by atoms with van der Waals surface area (Å²) >= 11 is 1.89. The van der Waals surface area contributed by atoms with Gasteiger partial charge in [0.05, 0.1) is 6.61 Å². The van der Waals surface area contributed by atoms with Crippen LogP contribution >= 0.6 is 11.8 Å². The summed E-state index contributed by atoms with van der Waals surface area (Å²) in [6.45, 7) is 2.91. The van der Waals surface area contributed by atoms with E-state index in [9.17, 15) is 0 Å². The molecule has 0 rings (SSSR count). The van der Waals surface area contributed by atoms with E-state index in [0.29, 0.717) is 0 Å². The molecule has 0 unspecified atom stereocenters. The molecule has 0 aliphatic heterocycles. The third kappa shape index (κ3) is 8.27. The van der Waals surface area contributed by atoms with Crippen molar-refractivity contribution in [2.24, 2.45) is 0 Å². The second-order valence-electron chi connectivity index (χ2n) is 2.09. The molecule has 0 amide bonds. The maximum absolute atomic E-state index is 4.88. The van der Waals surface area contributed by atoms with Gasteiger partial charge in [-0.2, -0.15) is 11.8 Å². The Morgan fingerprint density at radius 2 is 2.20 bits per heavy atom. The second-order valence-corrected chi connectivity index (χ2v) is 3.07. The topological polar surface area (TPSA) is 21.3 Å². The van der Waals surface area contributed by atoms with E-state index in [4.69, 9.17) is 4.74 Å². The van der Waals surface area contributed by atoms with Gasteiger partial charge in [0.1, 0.15) is 0 Å². The molecule has 0 aromatic heterocycles. The number of thioether (sulfide) groups is 1. The van der Waals surface area contributed by atoms with E-state index in [-0.39, 0.29) is 0 Å². The van der Waals surface area contributed by atoms with Gasteiger partial charge in [0.25, 0.3) is 0 Å². The molecular weight excluding hydrogens is 146 g/mol. The molecule has 0 aromatic rings. The average molecular weight is 163 g/mol. The molecule has 2 nitrogen and oxygen atoms in total. The molecule has 0 spiro atoms. The van der Waals surface area contributed by atoms with Crippen LogP contribution in [0.1, 0.15) is 6.42 Å². The largest absolute Gasteiger partial charge is 0.383 e. The van der Waals surface area contributed by atoms with Gasteiger partial charge in [-0.05, 0) is 25.0 Å². The van der Waals surface area contributed by atoms with Crippen LogP contribution in [0.2, 0.25) is 0 Å². The normalized spacial score (nSPS) is 10.2. The number of nitrogens with one attached hydrogen (secondary N) is 1. The summed E-state index contributed by atoms with van der Waals surface area (Å²) in [7, 11) is 1.73. The van der Waals surface area contributed by atoms with Crippen LogP contribution < -0.4 is 5.32 Å². The lowest BCUT2D eigenvalue weighted by Gasteiger charge is -2.01. The molecule has 0 saturated carbocycles. The van der Waals surface area contributed by atoms with E-state index in [0.717, 1.165) is 19.7 Å². The average Bonchev–Trinajstić information content (AvgIpc) is 1.97. The van der Waals surface area contributed by atoms with Gasteiger partial charge in [0.2, 0.25) is 0 Å². The van der Waals surface area contributed by atoms with E-state index in [2.05, 4.69) is 11.6 Å². The molecule has 0 saturated heterocycles. The molecule has 10 heavy (non-hydrogen) atoms. The van der Waals surface area contributed by atoms with Crippen LogP contribution in [0.15, 0.2) is 0 Å². The molecule has 0 fully saturated rings. The molecule has 0 heterocycles. The van der Waals surface area contributed by atoms with Crippen molar-refractivity contribution in [1.29, 1.82) is 0 Å². The Kier molecular flexibility index (Phi) is 9.52. The molecular formula is C7H17NOS. The molecule has 0 atom stereocenters.